The summed E-state index contributed by atoms with van der Waals surface area (Å²) in [7, 11) is 0. The Morgan fingerprint density at radius 1 is 1.08 bits per heavy atom. The number of nitrogens with zero attached hydrogens (tertiary/aromatic N) is 1. The predicted molar refractivity (Wildman–Crippen MR) is 101 cm³/mol. The van der Waals surface area contributed by atoms with E-state index in [0.717, 1.165) is 51.5 Å². The number of ketones is 1. The van der Waals surface area contributed by atoms with Crippen LogP contribution in [0.2, 0.25) is 0 Å². The van der Waals surface area contributed by atoms with E-state index in [0.29, 0.717) is 29.6 Å². The summed E-state index contributed by atoms with van der Waals surface area (Å²) >= 11 is 0. The van der Waals surface area contributed by atoms with Gasteiger partial charge in [-0.15, -0.1) is 0 Å². The van der Waals surface area contributed by atoms with Crippen molar-refractivity contribution in [2.45, 2.75) is 91.2 Å². The van der Waals surface area contributed by atoms with E-state index in [-0.39, 0.29) is 16.9 Å². The summed E-state index contributed by atoms with van der Waals surface area (Å²) in [5.74, 6) is 2.40. The summed E-state index contributed by atoms with van der Waals surface area (Å²) in [5, 5.41) is 0. The van der Waals surface area contributed by atoms with Crippen molar-refractivity contribution in [3.8, 4) is 0 Å². The number of hydrogen-bond acceptors (Lipinski definition) is 3. The molecule has 146 valence electrons. The molecule has 6 atom stereocenters. The van der Waals surface area contributed by atoms with Gasteiger partial charge in [0.25, 0.3) is 0 Å². The second-order valence-corrected chi connectivity index (χ2v) is 10.8. The van der Waals surface area contributed by atoms with Gasteiger partial charge in [-0.05, 0) is 82.5 Å². The first-order valence-corrected chi connectivity index (χ1v) is 10.6. The van der Waals surface area contributed by atoms with Gasteiger partial charge in [0.1, 0.15) is 11.4 Å². The molecule has 0 N–H and O–H groups in total. The van der Waals surface area contributed by atoms with Crippen LogP contribution in [-0.2, 0) is 9.53 Å². The fourth-order valence-corrected chi connectivity index (χ4v) is 7.13. The normalized spacial score (nSPS) is 45.1. The molecule has 1 saturated heterocycles. The van der Waals surface area contributed by atoms with E-state index < -0.39 is 5.60 Å². The van der Waals surface area contributed by atoms with Crippen LogP contribution in [0, 0.1) is 28.6 Å². The van der Waals surface area contributed by atoms with Crippen LogP contribution in [0.15, 0.2) is 0 Å². The molecule has 4 aliphatic rings. The lowest BCUT2D eigenvalue weighted by Gasteiger charge is -2.56. The molecule has 1 heterocycles. The van der Waals surface area contributed by atoms with Gasteiger partial charge in [0.15, 0.2) is 0 Å². The van der Waals surface area contributed by atoms with Gasteiger partial charge in [-0.2, -0.15) is 0 Å². The summed E-state index contributed by atoms with van der Waals surface area (Å²) < 4.78 is 5.69. The van der Waals surface area contributed by atoms with Crippen LogP contribution in [0.5, 0.6) is 0 Å². The number of likely N-dealkylation sites (tertiary alicyclic amines) is 1. The molecule has 4 nitrogen and oxygen atoms in total. The van der Waals surface area contributed by atoms with Crippen molar-refractivity contribution in [2.24, 2.45) is 28.6 Å². The van der Waals surface area contributed by atoms with Crippen LogP contribution in [-0.4, -0.2) is 35.0 Å². The van der Waals surface area contributed by atoms with Crippen molar-refractivity contribution in [2.75, 3.05) is 6.54 Å². The topological polar surface area (TPSA) is 46.6 Å². The zero-order valence-electron chi connectivity index (χ0n) is 17.1. The standard InChI is InChI=1S/C22H35NO3/c1-20(2,3)26-19(25)23-13-12-21(4)16-10-11-22(5)15(7-9-18(22)24)14(16)6-8-17(21)23/h14-17H,6-13H2,1-5H3/t14?,15-,16-,17?,21+,22-/m0/s1. The first-order valence-electron chi connectivity index (χ1n) is 10.6. The highest BCUT2D eigenvalue weighted by Gasteiger charge is 2.62. The Morgan fingerprint density at radius 2 is 1.81 bits per heavy atom. The van der Waals surface area contributed by atoms with Crippen LogP contribution in [0.25, 0.3) is 0 Å². The first-order chi connectivity index (χ1) is 12.1. The van der Waals surface area contributed by atoms with E-state index in [1.54, 1.807) is 0 Å². The first kappa shape index (κ1) is 18.3. The van der Waals surface area contributed by atoms with Gasteiger partial charge < -0.3 is 9.64 Å². The molecular formula is C22H35NO3. The number of Topliss-reactive ketones (excluding diaryl/α,β-unsaturated/α-hetero) is 1. The van der Waals surface area contributed by atoms with Crippen molar-refractivity contribution >= 4 is 11.9 Å². The predicted octanol–water partition coefficient (Wildman–Crippen LogP) is 4.81. The maximum absolute atomic E-state index is 12.8. The number of amides is 1. The third kappa shape index (κ3) is 2.54. The second-order valence-electron chi connectivity index (χ2n) is 10.8. The molecule has 4 fully saturated rings. The Kier molecular flexibility index (Phi) is 4.03. The van der Waals surface area contributed by atoms with Crippen LogP contribution in [0.4, 0.5) is 4.79 Å². The van der Waals surface area contributed by atoms with Crippen molar-refractivity contribution in [1.82, 2.24) is 4.90 Å². The maximum atomic E-state index is 12.8. The highest BCUT2D eigenvalue weighted by atomic mass is 16.6. The number of fused-ring (bicyclic) bond motifs is 5. The molecule has 4 heteroatoms. The minimum Gasteiger partial charge on any atom is -0.444 e. The molecule has 26 heavy (non-hydrogen) atoms. The molecule has 2 unspecified atom stereocenters. The minimum atomic E-state index is -0.440. The van der Waals surface area contributed by atoms with Gasteiger partial charge >= 0.3 is 6.09 Å². The summed E-state index contributed by atoms with van der Waals surface area (Å²) in [6, 6.07) is 0.306. The highest BCUT2D eigenvalue weighted by Crippen LogP contribution is 2.64. The lowest BCUT2D eigenvalue weighted by molar-refractivity contribution is -0.134. The number of ether oxygens (including phenoxy) is 1. The molecule has 0 bridgehead atoms. The van der Waals surface area contributed by atoms with Crippen LogP contribution in [0.3, 0.4) is 0 Å². The quantitative estimate of drug-likeness (QED) is 0.622. The fraction of sp³-hybridized carbons (Fsp3) is 0.909. The van der Waals surface area contributed by atoms with E-state index in [4.69, 9.17) is 4.74 Å². The Hall–Kier alpha value is -1.06. The molecule has 0 radical (unpaired) electrons. The molecule has 0 spiro atoms. The lowest BCUT2D eigenvalue weighted by Crippen LogP contribution is -2.55. The maximum Gasteiger partial charge on any atom is 0.410 e. The number of rotatable bonds is 0. The number of carbonyl (C=O) groups is 2. The van der Waals surface area contributed by atoms with E-state index in [2.05, 4.69) is 13.8 Å². The van der Waals surface area contributed by atoms with Crippen LogP contribution in [0.1, 0.15) is 79.6 Å². The monoisotopic (exact) mass is 361 g/mol. The number of hydrogen-bond donors (Lipinski definition) is 0. The summed E-state index contributed by atoms with van der Waals surface area (Å²) in [5.41, 5.74) is -0.315. The Morgan fingerprint density at radius 3 is 2.50 bits per heavy atom. The molecule has 4 rings (SSSR count). The van der Waals surface area contributed by atoms with Gasteiger partial charge in [-0.3, -0.25) is 4.79 Å². The molecular weight excluding hydrogens is 326 g/mol. The largest absolute Gasteiger partial charge is 0.444 e. The molecule has 1 amide bonds. The van der Waals surface area contributed by atoms with E-state index in [1.165, 1.54) is 0 Å². The van der Waals surface area contributed by atoms with Gasteiger partial charge in [0.05, 0.1) is 0 Å². The van der Waals surface area contributed by atoms with Gasteiger partial charge in [-0.1, -0.05) is 13.8 Å². The smallest absolute Gasteiger partial charge is 0.410 e. The van der Waals surface area contributed by atoms with Crippen molar-refractivity contribution < 1.29 is 14.3 Å². The van der Waals surface area contributed by atoms with Crippen molar-refractivity contribution in [1.29, 1.82) is 0 Å². The van der Waals surface area contributed by atoms with Crippen molar-refractivity contribution in [3.05, 3.63) is 0 Å². The number of carbonyl (C=O) groups excluding carboxylic acids is 2. The van der Waals surface area contributed by atoms with Crippen molar-refractivity contribution in [3.63, 3.8) is 0 Å². The fourth-order valence-electron chi connectivity index (χ4n) is 7.13. The summed E-state index contributed by atoms with van der Waals surface area (Å²) in [6.07, 6.45) is 7.25. The zero-order valence-corrected chi connectivity index (χ0v) is 17.1. The SMILES string of the molecule is CC(C)(C)OC(=O)N1CC[C@@]2(C)C1CCC1[C@@H]2CC[C@]2(C)C(=O)CC[C@@H]12. The summed E-state index contributed by atoms with van der Waals surface area (Å²) in [6.45, 7) is 11.3. The van der Waals surface area contributed by atoms with Crippen LogP contribution < -0.4 is 0 Å². The molecule has 0 aromatic carbocycles. The van der Waals surface area contributed by atoms with Gasteiger partial charge in [0.2, 0.25) is 0 Å². The Bertz CT molecular complexity index is 623. The third-order valence-corrected chi connectivity index (χ3v) is 8.42. The summed E-state index contributed by atoms with van der Waals surface area (Å²) in [4.78, 5) is 27.3. The van der Waals surface area contributed by atoms with E-state index >= 15 is 0 Å². The Balaban J connectivity index is 1.56. The van der Waals surface area contributed by atoms with Gasteiger partial charge in [0, 0.05) is 24.4 Å². The van der Waals surface area contributed by atoms with Gasteiger partial charge in [-0.25, -0.2) is 4.79 Å². The average Bonchev–Trinajstić information content (AvgIpc) is 3.03. The molecule has 3 aliphatic carbocycles. The van der Waals surface area contributed by atoms with E-state index in [1.807, 2.05) is 25.7 Å². The molecule has 0 aromatic heterocycles. The minimum absolute atomic E-state index is 0.0617. The van der Waals surface area contributed by atoms with E-state index in [9.17, 15) is 9.59 Å². The molecule has 1 aliphatic heterocycles. The Labute approximate surface area is 158 Å². The zero-order chi connectivity index (χ0) is 18.9. The molecule has 0 aromatic rings. The molecule has 3 saturated carbocycles. The average molecular weight is 362 g/mol. The highest BCUT2D eigenvalue weighted by molar-refractivity contribution is 5.87. The third-order valence-electron chi connectivity index (χ3n) is 8.42. The second kappa shape index (κ2) is 5.72. The lowest BCUT2D eigenvalue weighted by atomic mass is 9.49. The van der Waals surface area contributed by atoms with Crippen LogP contribution >= 0.6 is 0 Å².